The zero-order valence-electron chi connectivity index (χ0n) is 9.05. The molecule has 0 unspecified atom stereocenters. The lowest BCUT2D eigenvalue weighted by atomic mass is 10.1. The van der Waals surface area contributed by atoms with Crippen molar-refractivity contribution in [2.45, 2.75) is 38.8 Å². The van der Waals surface area contributed by atoms with E-state index in [0.717, 1.165) is 29.2 Å². The number of aromatic nitrogens is 2. The molecule has 0 bridgehead atoms. The third-order valence-corrected chi connectivity index (χ3v) is 3.51. The van der Waals surface area contributed by atoms with Gasteiger partial charge >= 0.3 is 5.97 Å². The summed E-state index contributed by atoms with van der Waals surface area (Å²) < 4.78 is 6.87. The third-order valence-electron chi connectivity index (χ3n) is 2.33. The van der Waals surface area contributed by atoms with Crippen LogP contribution in [0, 0.1) is 10.9 Å². The average molecular weight is 261 g/mol. The summed E-state index contributed by atoms with van der Waals surface area (Å²) in [5.41, 5.74) is 5.40. The molecular weight excluding hydrogens is 246 g/mol. The van der Waals surface area contributed by atoms with Crippen LogP contribution in [0.1, 0.15) is 25.1 Å². The summed E-state index contributed by atoms with van der Waals surface area (Å²) in [4.78, 5) is 10.5. The molecule has 90 valence electrons. The second-order valence-electron chi connectivity index (χ2n) is 3.59. The monoisotopic (exact) mass is 261 g/mol. The molecule has 0 saturated carbocycles. The molecular formula is C9H15N3O2S2. The summed E-state index contributed by atoms with van der Waals surface area (Å²) in [6, 6.07) is -0.755. The number of unbranched alkanes of at least 4 members (excludes halogenated alkanes) is 1. The number of carboxylic acids is 1. The van der Waals surface area contributed by atoms with Gasteiger partial charge in [0.25, 0.3) is 0 Å². The Balaban J connectivity index is 2.32. The molecule has 0 spiro atoms. The van der Waals surface area contributed by atoms with Crippen molar-refractivity contribution in [3.8, 4) is 0 Å². The lowest BCUT2D eigenvalue weighted by molar-refractivity contribution is -0.138. The Morgan fingerprint density at radius 1 is 1.69 bits per heavy atom. The lowest BCUT2D eigenvalue weighted by Crippen LogP contribution is -2.29. The van der Waals surface area contributed by atoms with Gasteiger partial charge in [0.1, 0.15) is 11.9 Å². The van der Waals surface area contributed by atoms with Crippen molar-refractivity contribution in [2.75, 3.05) is 0 Å². The molecule has 7 heteroatoms. The van der Waals surface area contributed by atoms with Crippen molar-refractivity contribution in [1.29, 1.82) is 0 Å². The van der Waals surface area contributed by atoms with Crippen molar-refractivity contribution in [3.05, 3.63) is 9.78 Å². The number of carboxylic acid groups (broad SMARTS) is 1. The molecule has 1 rings (SSSR count). The van der Waals surface area contributed by atoms with E-state index < -0.39 is 12.0 Å². The van der Waals surface area contributed by atoms with Gasteiger partial charge in [0.15, 0.2) is 3.95 Å². The second kappa shape index (κ2) is 6.07. The van der Waals surface area contributed by atoms with Crippen molar-refractivity contribution < 1.29 is 9.90 Å². The second-order valence-corrected chi connectivity index (χ2v) is 4.98. The number of carbonyl (C=O) groups is 1. The van der Waals surface area contributed by atoms with E-state index in [2.05, 4.69) is 4.37 Å². The summed E-state index contributed by atoms with van der Waals surface area (Å²) in [5, 5.41) is 8.60. The summed E-state index contributed by atoms with van der Waals surface area (Å²) in [7, 11) is 0. The van der Waals surface area contributed by atoms with E-state index in [0.29, 0.717) is 6.42 Å². The van der Waals surface area contributed by atoms with Crippen LogP contribution in [0.4, 0.5) is 0 Å². The van der Waals surface area contributed by atoms with Gasteiger partial charge in [-0.15, -0.1) is 0 Å². The van der Waals surface area contributed by atoms with Gasteiger partial charge in [0.2, 0.25) is 0 Å². The molecule has 0 aliphatic carbocycles. The van der Waals surface area contributed by atoms with Crippen molar-refractivity contribution in [1.82, 2.24) is 8.94 Å². The van der Waals surface area contributed by atoms with Crippen LogP contribution in [0.3, 0.4) is 0 Å². The fourth-order valence-corrected chi connectivity index (χ4v) is 2.31. The highest BCUT2D eigenvalue weighted by Gasteiger charge is 2.10. The maximum Gasteiger partial charge on any atom is 0.320 e. The molecule has 1 atom stereocenters. The predicted molar refractivity (Wildman–Crippen MR) is 65.1 cm³/mol. The summed E-state index contributed by atoms with van der Waals surface area (Å²) >= 11 is 6.42. The van der Waals surface area contributed by atoms with Crippen LogP contribution in [0.15, 0.2) is 0 Å². The zero-order chi connectivity index (χ0) is 12.1. The molecule has 0 aliphatic rings. The van der Waals surface area contributed by atoms with Gasteiger partial charge in [0.05, 0.1) is 0 Å². The van der Waals surface area contributed by atoms with Crippen LogP contribution >= 0.6 is 23.8 Å². The third kappa shape index (κ3) is 3.66. The molecule has 0 aliphatic heterocycles. The maximum atomic E-state index is 10.5. The first-order valence-electron chi connectivity index (χ1n) is 5.04. The first kappa shape index (κ1) is 13.3. The molecule has 1 aromatic rings. The minimum atomic E-state index is -0.940. The van der Waals surface area contributed by atoms with Crippen LogP contribution in [-0.2, 0) is 11.3 Å². The van der Waals surface area contributed by atoms with Gasteiger partial charge in [-0.3, -0.25) is 4.79 Å². The molecule has 0 fully saturated rings. The van der Waals surface area contributed by atoms with E-state index in [1.54, 1.807) is 0 Å². The number of nitrogens with zero attached hydrogens (tertiary/aromatic N) is 2. The van der Waals surface area contributed by atoms with Crippen molar-refractivity contribution in [3.63, 3.8) is 0 Å². The van der Waals surface area contributed by atoms with E-state index in [4.69, 9.17) is 23.1 Å². The Hall–Kier alpha value is -0.790. The minimum absolute atomic E-state index is 0.499. The molecule has 1 aromatic heterocycles. The molecule has 0 amide bonds. The first-order valence-corrected chi connectivity index (χ1v) is 6.22. The lowest BCUT2D eigenvalue weighted by Gasteiger charge is -2.07. The Kier molecular flexibility index (Phi) is 5.04. The van der Waals surface area contributed by atoms with Crippen molar-refractivity contribution in [2.24, 2.45) is 5.73 Å². The normalized spacial score (nSPS) is 12.6. The fourth-order valence-electron chi connectivity index (χ4n) is 1.35. The van der Waals surface area contributed by atoms with Gasteiger partial charge in [-0.2, -0.15) is 4.37 Å². The van der Waals surface area contributed by atoms with Gasteiger partial charge in [-0.25, -0.2) is 0 Å². The SMILES string of the molecule is Cc1nsc(=S)n1CCCC[C@H](N)C(=O)O. The van der Waals surface area contributed by atoms with E-state index in [9.17, 15) is 4.79 Å². The summed E-state index contributed by atoms with van der Waals surface area (Å²) in [6.07, 6.45) is 2.15. The Morgan fingerprint density at radius 3 is 2.88 bits per heavy atom. The van der Waals surface area contributed by atoms with Crippen LogP contribution < -0.4 is 5.73 Å². The quantitative estimate of drug-likeness (QED) is 0.600. The maximum absolute atomic E-state index is 10.5. The van der Waals surface area contributed by atoms with Gasteiger partial charge in [0, 0.05) is 6.54 Å². The van der Waals surface area contributed by atoms with Crippen LogP contribution in [0.5, 0.6) is 0 Å². The van der Waals surface area contributed by atoms with Gasteiger partial charge in [-0.1, -0.05) is 0 Å². The Labute approximate surface area is 103 Å². The highest BCUT2D eigenvalue weighted by atomic mass is 32.2. The van der Waals surface area contributed by atoms with Crippen molar-refractivity contribution >= 4 is 29.7 Å². The topological polar surface area (TPSA) is 81.1 Å². The number of aryl methyl sites for hydroxylation is 1. The van der Waals surface area contributed by atoms with Gasteiger partial charge in [-0.05, 0) is 49.9 Å². The largest absolute Gasteiger partial charge is 0.480 e. The van der Waals surface area contributed by atoms with Crippen LogP contribution in [0.2, 0.25) is 0 Å². The molecule has 1 heterocycles. The average Bonchev–Trinajstić information content (AvgIpc) is 2.54. The van der Waals surface area contributed by atoms with E-state index in [1.165, 1.54) is 11.5 Å². The molecule has 0 saturated heterocycles. The summed E-state index contributed by atoms with van der Waals surface area (Å²) in [5.74, 6) is -0.0254. The minimum Gasteiger partial charge on any atom is -0.480 e. The van der Waals surface area contributed by atoms with Crippen LogP contribution in [-0.4, -0.2) is 26.1 Å². The number of rotatable bonds is 6. The number of nitrogens with two attached hydrogens (primary N) is 1. The smallest absolute Gasteiger partial charge is 0.320 e. The highest BCUT2D eigenvalue weighted by Crippen LogP contribution is 2.08. The first-order chi connectivity index (χ1) is 7.52. The van der Waals surface area contributed by atoms with Crippen LogP contribution in [0.25, 0.3) is 0 Å². The zero-order valence-corrected chi connectivity index (χ0v) is 10.7. The standard InChI is InChI=1S/C9H15N3O2S2/c1-6-11-16-9(15)12(6)5-3-2-4-7(10)8(13)14/h7H,2-5,10H2,1H3,(H,13,14)/t7-/m0/s1. The fraction of sp³-hybridized carbons (Fsp3) is 0.667. The number of hydrogen-bond donors (Lipinski definition) is 2. The highest BCUT2D eigenvalue weighted by molar-refractivity contribution is 7.73. The van der Waals surface area contributed by atoms with E-state index >= 15 is 0 Å². The Morgan fingerprint density at radius 2 is 2.38 bits per heavy atom. The molecule has 0 radical (unpaired) electrons. The number of aliphatic carboxylic acids is 1. The van der Waals surface area contributed by atoms with E-state index in [-0.39, 0.29) is 0 Å². The Bertz CT molecular complexity index is 413. The summed E-state index contributed by atoms with van der Waals surface area (Å²) in [6.45, 7) is 2.70. The number of hydrogen-bond acceptors (Lipinski definition) is 5. The molecule has 5 nitrogen and oxygen atoms in total. The van der Waals surface area contributed by atoms with Gasteiger partial charge < -0.3 is 15.4 Å². The predicted octanol–water partition coefficient (Wildman–Crippen LogP) is 1.56. The molecule has 3 N–H and O–H groups in total. The van der Waals surface area contributed by atoms with E-state index in [1.807, 2.05) is 11.5 Å². The molecule has 16 heavy (non-hydrogen) atoms. The molecule has 0 aromatic carbocycles.